The Balaban J connectivity index is 1.91. The van der Waals surface area contributed by atoms with Crippen LogP contribution in [0.25, 0.3) is 0 Å². The Kier molecular flexibility index (Phi) is 5.94. The van der Waals surface area contributed by atoms with Crippen LogP contribution in [-0.2, 0) is 10.0 Å². The van der Waals surface area contributed by atoms with Crippen LogP contribution in [0.2, 0.25) is 0 Å². The fourth-order valence-electron chi connectivity index (χ4n) is 3.30. The number of amides is 1. The van der Waals surface area contributed by atoms with Gasteiger partial charge in [0.05, 0.1) is 4.90 Å². The van der Waals surface area contributed by atoms with Gasteiger partial charge >= 0.3 is 0 Å². The molecule has 0 aromatic heterocycles. The molecule has 0 fully saturated rings. The average Bonchev–Trinajstić information content (AvgIpc) is 2.66. The number of anilines is 2. The highest BCUT2D eigenvalue weighted by Gasteiger charge is 2.19. The third-order valence-corrected chi connectivity index (χ3v) is 6.15. The molecule has 1 amide bonds. The van der Waals surface area contributed by atoms with Crippen LogP contribution < -0.4 is 10.0 Å². The Bertz CT molecular complexity index is 1200. The summed E-state index contributed by atoms with van der Waals surface area (Å²) in [6.45, 7) is 7.55. The normalized spacial score (nSPS) is 11.2. The molecule has 0 spiro atoms. The molecular weight excluding hydrogens is 403 g/mol. The molecule has 5 nitrogen and oxygen atoms in total. The van der Waals surface area contributed by atoms with Crippen molar-refractivity contribution in [2.75, 3.05) is 10.0 Å². The van der Waals surface area contributed by atoms with E-state index in [0.29, 0.717) is 11.3 Å². The molecule has 0 saturated heterocycles. The molecule has 30 heavy (non-hydrogen) atoms. The van der Waals surface area contributed by atoms with Crippen LogP contribution in [0.5, 0.6) is 0 Å². The van der Waals surface area contributed by atoms with E-state index in [1.54, 1.807) is 13.0 Å². The van der Waals surface area contributed by atoms with Gasteiger partial charge in [0.1, 0.15) is 5.82 Å². The molecule has 7 heteroatoms. The summed E-state index contributed by atoms with van der Waals surface area (Å²) in [5.41, 5.74) is 4.81. The van der Waals surface area contributed by atoms with Gasteiger partial charge in [0.2, 0.25) is 0 Å². The molecule has 3 rings (SSSR count). The van der Waals surface area contributed by atoms with Gasteiger partial charge in [-0.15, -0.1) is 0 Å². The first-order valence-corrected chi connectivity index (χ1v) is 10.8. The zero-order valence-corrected chi connectivity index (χ0v) is 18.0. The molecule has 0 unspecified atom stereocenters. The molecule has 156 valence electrons. The highest BCUT2D eigenvalue weighted by molar-refractivity contribution is 7.92. The molecule has 0 radical (unpaired) electrons. The van der Waals surface area contributed by atoms with Crippen molar-refractivity contribution in [2.24, 2.45) is 0 Å². The number of hydrogen-bond donors (Lipinski definition) is 2. The number of nitrogens with one attached hydrogen (secondary N) is 2. The Labute approximate surface area is 176 Å². The highest BCUT2D eigenvalue weighted by Crippen LogP contribution is 2.24. The van der Waals surface area contributed by atoms with Crippen LogP contribution in [0.15, 0.2) is 59.5 Å². The summed E-state index contributed by atoms with van der Waals surface area (Å²) < 4.78 is 40.9. The maximum Gasteiger partial charge on any atom is 0.261 e. The number of rotatable bonds is 5. The molecule has 3 aromatic carbocycles. The van der Waals surface area contributed by atoms with Gasteiger partial charge < -0.3 is 5.32 Å². The van der Waals surface area contributed by atoms with Crippen LogP contribution in [-0.4, -0.2) is 14.3 Å². The number of halogens is 1. The molecular formula is C23H23FN2O3S. The van der Waals surface area contributed by atoms with Gasteiger partial charge in [-0.05, 0) is 80.8 Å². The van der Waals surface area contributed by atoms with Gasteiger partial charge in [0, 0.05) is 16.9 Å². The molecule has 0 heterocycles. The minimum Gasteiger partial charge on any atom is -0.321 e. The summed E-state index contributed by atoms with van der Waals surface area (Å²) in [7, 11) is -3.95. The lowest BCUT2D eigenvalue weighted by molar-refractivity contribution is 0.102. The maximum absolute atomic E-state index is 13.1. The fraction of sp³-hybridized carbons (Fsp3) is 0.174. The summed E-state index contributed by atoms with van der Waals surface area (Å²) in [5.74, 6) is -0.852. The average molecular weight is 427 g/mol. The smallest absolute Gasteiger partial charge is 0.261 e. The van der Waals surface area contributed by atoms with Crippen LogP contribution in [0.1, 0.15) is 32.6 Å². The lowest BCUT2D eigenvalue weighted by Crippen LogP contribution is -2.18. The minimum atomic E-state index is -3.95. The molecule has 2 N–H and O–H groups in total. The van der Waals surface area contributed by atoms with Crippen LogP contribution in [0, 0.1) is 33.5 Å². The largest absolute Gasteiger partial charge is 0.321 e. The Morgan fingerprint density at radius 2 is 1.43 bits per heavy atom. The number of aryl methyl sites for hydroxylation is 4. The third kappa shape index (κ3) is 4.68. The Morgan fingerprint density at radius 1 is 0.833 bits per heavy atom. The summed E-state index contributed by atoms with van der Waals surface area (Å²) in [4.78, 5) is 12.9. The van der Waals surface area contributed by atoms with E-state index in [0.717, 1.165) is 28.8 Å². The SMILES string of the molecule is Cc1cc(C)c(NC(=O)c2cc(S(=O)(=O)Nc3ccc(F)cc3)ccc2C)c(C)c1. The predicted molar refractivity (Wildman–Crippen MR) is 117 cm³/mol. The molecule has 0 aliphatic carbocycles. The zero-order valence-electron chi connectivity index (χ0n) is 17.2. The monoisotopic (exact) mass is 426 g/mol. The minimum absolute atomic E-state index is 0.0556. The van der Waals surface area contributed by atoms with Gasteiger partial charge in [-0.1, -0.05) is 23.8 Å². The summed E-state index contributed by atoms with van der Waals surface area (Å²) in [6, 6.07) is 13.3. The quantitative estimate of drug-likeness (QED) is 0.595. The lowest BCUT2D eigenvalue weighted by Gasteiger charge is -2.15. The van der Waals surface area contributed by atoms with Crippen molar-refractivity contribution < 1.29 is 17.6 Å². The second-order valence-electron chi connectivity index (χ2n) is 7.32. The Hall–Kier alpha value is -3.19. The first-order chi connectivity index (χ1) is 14.1. The molecule has 0 saturated carbocycles. The summed E-state index contributed by atoms with van der Waals surface area (Å²) in [6.07, 6.45) is 0. The van der Waals surface area contributed by atoms with E-state index >= 15 is 0 Å². The van der Waals surface area contributed by atoms with E-state index in [4.69, 9.17) is 0 Å². The van der Waals surface area contributed by atoms with E-state index in [-0.39, 0.29) is 22.1 Å². The van der Waals surface area contributed by atoms with Crippen molar-refractivity contribution in [3.63, 3.8) is 0 Å². The molecule has 0 aliphatic rings. The van der Waals surface area contributed by atoms with Crippen molar-refractivity contribution in [3.8, 4) is 0 Å². The summed E-state index contributed by atoms with van der Waals surface area (Å²) in [5, 5.41) is 2.90. The molecule has 0 bridgehead atoms. The van der Waals surface area contributed by atoms with Crippen molar-refractivity contribution in [1.29, 1.82) is 0 Å². The standard InChI is InChI=1S/C23H23FN2O3S/c1-14-11-16(3)22(17(4)12-14)25-23(27)21-13-20(10-5-15(21)2)30(28,29)26-19-8-6-18(24)7-9-19/h5-13,26H,1-4H3,(H,25,27). The van der Waals surface area contributed by atoms with Crippen molar-refractivity contribution in [1.82, 2.24) is 0 Å². The van der Waals surface area contributed by atoms with Gasteiger partial charge in [-0.3, -0.25) is 9.52 Å². The summed E-state index contributed by atoms with van der Waals surface area (Å²) >= 11 is 0. The zero-order chi connectivity index (χ0) is 22.1. The van der Waals surface area contributed by atoms with E-state index in [1.165, 1.54) is 24.3 Å². The van der Waals surface area contributed by atoms with E-state index in [9.17, 15) is 17.6 Å². The highest BCUT2D eigenvalue weighted by atomic mass is 32.2. The van der Waals surface area contributed by atoms with Crippen LogP contribution >= 0.6 is 0 Å². The molecule has 3 aromatic rings. The van der Waals surface area contributed by atoms with Gasteiger partial charge in [0.25, 0.3) is 15.9 Å². The maximum atomic E-state index is 13.1. The van der Waals surface area contributed by atoms with Crippen molar-refractivity contribution >= 4 is 27.3 Å². The van der Waals surface area contributed by atoms with E-state index in [2.05, 4.69) is 10.0 Å². The third-order valence-electron chi connectivity index (χ3n) is 4.78. The number of hydrogen-bond acceptors (Lipinski definition) is 3. The number of carbonyl (C=O) groups excluding carboxylic acids is 1. The van der Waals surface area contributed by atoms with Gasteiger partial charge in [-0.25, -0.2) is 12.8 Å². The lowest BCUT2D eigenvalue weighted by atomic mass is 10.0. The number of carbonyl (C=O) groups is 1. The second kappa shape index (κ2) is 8.28. The van der Waals surface area contributed by atoms with Crippen molar-refractivity contribution in [3.05, 3.63) is 88.2 Å². The van der Waals surface area contributed by atoms with Crippen LogP contribution in [0.3, 0.4) is 0 Å². The van der Waals surface area contributed by atoms with Crippen LogP contribution in [0.4, 0.5) is 15.8 Å². The number of sulfonamides is 1. The number of benzene rings is 3. The van der Waals surface area contributed by atoms with Crippen molar-refractivity contribution in [2.45, 2.75) is 32.6 Å². The topological polar surface area (TPSA) is 75.3 Å². The van der Waals surface area contributed by atoms with E-state index in [1.807, 2.05) is 32.9 Å². The van der Waals surface area contributed by atoms with E-state index < -0.39 is 15.8 Å². The molecule has 0 atom stereocenters. The first-order valence-electron chi connectivity index (χ1n) is 9.35. The Morgan fingerprint density at radius 3 is 2.03 bits per heavy atom. The first kappa shape index (κ1) is 21.5. The van der Waals surface area contributed by atoms with Gasteiger partial charge in [0.15, 0.2) is 0 Å². The fourth-order valence-corrected chi connectivity index (χ4v) is 4.39. The molecule has 0 aliphatic heterocycles. The second-order valence-corrected chi connectivity index (χ2v) is 9.00. The van der Waals surface area contributed by atoms with Gasteiger partial charge in [-0.2, -0.15) is 0 Å². The predicted octanol–water partition coefficient (Wildman–Crippen LogP) is 5.11.